The molecule has 0 spiro atoms. The van der Waals surface area contributed by atoms with Crippen molar-refractivity contribution in [1.29, 1.82) is 0 Å². The molecular formula is C18H11ClN4O2. The first-order valence-corrected chi connectivity index (χ1v) is 7.82. The van der Waals surface area contributed by atoms with Gasteiger partial charge in [0, 0.05) is 11.6 Å². The lowest BCUT2D eigenvalue weighted by atomic mass is 10.1. The number of nitrogens with one attached hydrogen (secondary N) is 1. The fraction of sp³-hybridized carbons (Fsp3) is 0. The van der Waals surface area contributed by atoms with Crippen LogP contribution in [-0.4, -0.2) is 21.1 Å². The van der Waals surface area contributed by atoms with Gasteiger partial charge >= 0.3 is 0 Å². The number of aromatic nitrogens is 3. The van der Waals surface area contributed by atoms with Crippen LogP contribution in [-0.2, 0) is 0 Å². The summed E-state index contributed by atoms with van der Waals surface area (Å²) in [6.07, 6.45) is 3.19. The van der Waals surface area contributed by atoms with E-state index in [-0.39, 0.29) is 5.56 Å². The second-order valence-corrected chi connectivity index (χ2v) is 5.64. The number of rotatable bonds is 3. The quantitative estimate of drug-likeness (QED) is 0.599. The molecule has 0 aliphatic rings. The van der Waals surface area contributed by atoms with Gasteiger partial charge in [0.05, 0.1) is 17.0 Å². The number of carbonyl (C=O) groups excluding carboxylic acids is 1. The Morgan fingerprint density at radius 2 is 1.92 bits per heavy atom. The number of halogens is 1. The van der Waals surface area contributed by atoms with Crippen LogP contribution in [0.2, 0.25) is 5.02 Å². The van der Waals surface area contributed by atoms with Crippen LogP contribution >= 0.6 is 11.6 Å². The number of carbonyl (C=O) groups is 1. The van der Waals surface area contributed by atoms with Crippen LogP contribution in [0.3, 0.4) is 0 Å². The van der Waals surface area contributed by atoms with Crippen LogP contribution in [0.25, 0.3) is 22.4 Å². The van der Waals surface area contributed by atoms with E-state index in [1.54, 1.807) is 36.5 Å². The zero-order valence-corrected chi connectivity index (χ0v) is 13.6. The Hall–Kier alpha value is -3.25. The Labute approximate surface area is 147 Å². The third kappa shape index (κ3) is 2.95. The third-order valence-electron chi connectivity index (χ3n) is 3.63. The molecule has 7 heteroatoms. The molecule has 1 amide bonds. The van der Waals surface area contributed by atoms with E-state index < -0.39 is 5.91 Å². The molecule has 0 radical (unpaired) electrons. The van der Waals surface area contributed by atoms with Crippen LogP contribution in [0.5, 0.6) is 0 Å². The largest absolute Gasteiger partial charge is 0.463 e. The number of amides is 1. The monoisotopic (exact) mass is 350 g/mol. The lowest BCUT2D eigenvalue weighted by Crippen LogP contribution is -2.14. The van der Waals surface area contributed by atoms with Crippen molar-refractivity contribution in [2.24, 2.45) is 0 Å². The van der Waals surface area contributed by atoms with Gasteiger partial charge in [0.2, 0.25) is 0 Å². The summed E-state index contributed by atoms with van der Waals surface area (Å²) in [7, 11) is 0. The van der Waals surface area contributed by atoms with Crippen molar-refractivity contribution in [3.05, 3.63) is 71.6 Å². The lowest BCUT2D eigenvalue weighted by molar-refractivity contribution is 0.102. The van der Waals surface area contributed by atoms with Crippen molar-refractivity contribution in [1.82, 2.24) is 15.2 Å². The van der Waals surface area contributed by atoms with Gasteiger partial charge in [-0.1, -0.05) is 17.7 Å². The number of benzene rings is 1. The molecule has 4 aromatic rings. The van der Waals surface area contributed by atoms with E-state index in [2.05, 4.69) is 20.5 Å². The first kappa shape index (κ1) is 15.3. The smallest absolute Gasteiger partial charge is 0.262 e. The first-order chi connectivity index (χ1) is 12.2. The number of fused-ring (bicyclic) bond motifs is 1. The minimum Gasteiger partial charge on any atom is -0.463 e. The fourth-order valence-electron chi connectivity index (χ4n) is 2.45. The van der Waals surface area contributed by atoms with Gasteiger partial charge < -0.3 is 9.73 Å². The molecule has 3 heterocycles. The molecule has 1 aromatic carbocycles. The molecule has 4 rings (SSSR count). The highest BCUT2D eigenvalue weighted by atomic mass is 35.5. The number of nitrogens with zero attached hydrogens (tertiary/aromatic N) is 3. The highest BCUT2D eigenvalue weighted by molar-refractivity contribution is 6.36. The Morgan fingerprint density at radius 3 is 2.68 bits per heavy atom. The summed E-state index contributed by atoms with van der Waals surface area (Å²) in [6.45, 7) is 0. The maximum absolute atomic E-state index is 12.6. The van der Waals surface area contributed by atoms with Gasteiger partial charge in [-0.2, -0.15) is 0 Å². The molecule has 0 saturated heterocycles. The highest BCUT2D eigenvalue weighted by Gasteiger charge is 2.18. The number of furan rings is 1. The van der Waals surface area contributed by atoms with Crippen molar-refractivity contribution in [3.63, 3.8) is 0 Å². The minimum atomic E-state index is -0.412. The summed E-state index contributed by atoms with van der Waals surface area (Å²) in [5.41, 5.74) is 2.02. The molecule has 3 aromatic heterocycles. The SMILES string of the molecule is O=C(Nc1ccc(-c2ccccn2)nn1)c1c(Cl)ccc2ccoc12. The second-order valence-electron chi connectivity index (χ2n) is 5.23. The van der Waals surface area contributed by atoms with Gasteiger partial charge in [-0.05, 0) is 42.5 Å². The average Bonchev–Trinajstić information content (AvgIpc) is 3.11. The Balaban J connectivity index is 1.60. The van der Waals surface area contributed by atoms with Crippen molar-refractivity contribution >= 4 is 34.3 Å². The maximum Gasteiger partial charge on any atom is 0.262 e. The Morgan fingerprint density at radius 1 is 1.00 bits per heavy atom. The number of anilines is 1. The van der Waals surface area contributed by atoms with Gasteiger partial charge in [0.25, 0.3) is 5.91 Å². The summed E-state index contributed by atoms with van der Waals surface area (Å²) in [5, 5.41) is 11.9. The van der Waals surface area contributed by atoms with Crippen LogP contribution in [0.15, 0.2) is 65.4 Å². The lowest BCUT2D eigenvalue weighted by Gasteiger charge is -2.07. The van der Waals surface area contributed by atoms with Gasteiger partial charge in [-0.15, -0.1) is 10.2 Å². The summed E-state index contributed by atoms with van der Waals surface area (Å²) in [5.74, 6) is -0.102. The standard InChI is InChI=1S/C18H11ClN4O2/c19-12-5-4-11-8-10-25-17(11)16(12)18(24)21-15-7-6-14(22-23-15)13-3-1-2-9-20-13/h1-10H,(H,21,23,24). The zero-order valence-electron chi connectivity index (χ0n) is 12.8. The molecule has 0 fully saturated rings. The van der Waals surface area contributed by atoms with Crippen molar-refractivity contribution in [2.45, 2.75) is 0 Å². The number of pyridine rings is 1. The topological polar surface area (TPSA) is 80.9 Å². The van der Waals surface area contributed by atoms with Gasteiger partial charge in [-0.3, -0.25) is 9.78 Å². The molecule has 0 atom stereocenters. The number of hydrogen-bond acceptors (Lipinski definition) is 5. The van der Waals surface area contributed by atoms with Crippen molar-refractivity contribution in [2.75, 3.05) is 5.32 Å². The molecule has 0 unspecified atom stereocenters. The van der Waals surface area contributed by atoms with E-state index in [1.807, 2.05) is 18.2 Å². The number of hydrogen-bond donors (Lipinski definition) is 1. The molecule has 1 N–H and O–H groups in total. The Kier molecular flexibility index (Phi) is 3.87. The molecular weight excluding hydrogens is 340 g/mol. The Bertz CT molecular complexity index is 1050. The van der Waals surface area contributed by atoms with Gasteiger partial charge in [0.15, 0.2) is 5.82 Å². The van der Waals surface area contributed by atoms with Crippen LogP contribution in [0.1, 0.15) is 10.4 Å². The van der Waals surface area contributed by atoms with E-state index in [9.17, 15) is 4.79 Å². The normalized spacial score (nSPS) is 10.8. The zero-order chi connectivity index (χ0) is 17.2. The summed E-state index contributed by atoms with van der Waals surface area (Å²) >= 11 is 6.16. The minimum absolute atomic E-state index is 0.264. The predicted octanol–water partition coefficient (Wildman–Crippen LogP) is 4.19. The maximum atomic E-state index is 12.6. The molecule has 6 nitrogen and oxygen atoms in total. The molecule has 0 saturated carbocycles. The second kappa shape index (κ2) is 6.33. The van der Waals surface area contributed by atoms with Crippen LogP contribution in [0.4, 0.5) is 5.82 Å². The van der Waals surface area contributed by atoms with Crippen molar-refractivity contribution < 1.29 is 9.21 Å². The average molecular weight is 351 g/mol. The molecule has 0 bridgehead atoms. The molecule has 122 valence electrons. The van der Waals surface area contributed by atoms with Crippen LogP contribution < -0.4 is 5.32 Å². The van der Waals surface area contributed by atoms with E-state index in [1.165, 1.54) is 6.26 Å². The van der Waals surface area contributed by atoms with Crippen molar-refractivity contribution in [3.8, 4) is 11.4 Å². The van der Waals surface area contributed by atoms with E-state index in [4.69, 9.17) is 16.0 Å². The molecule has 25 heavy (non-hydrogen) atoms. The fourth-order valence-corrected chi connectivity index (χ4v) is 2.68. The predicted molar refractivity (Wildman–Crippen MR) is 94.4 cm³/mol. The van der Waals surface area contributed by atoms with Crippen LogP contribution in [0, 0.1) is 0 Å². The van der Waals surface area contributed by atoms with E-state index >= 15 is 0 Å². The highest BCUT2D eigenvalue weighted by Crippen LogP contribution is 2.27. The summed E-state index contributed by atoms with van der Waals surface area (Å²) in [4.78, 5) is 16.8. The van der Waals surface area contributed by atoms with E-state index in [0.29, 0.717) is 27.8 Å². The van der Waals surface area contributed by atoms with Gasteiger partial charge in [-0.25, -0.2) is 0 Å². The summed E-state index contributed by atoms with van der Waals surface area (Å²) < 4.78 is 5.38. The first-order valence-electron chi connectivity index (χ1n) is 7.44. The van der Waals surface area contributed by atoms with E-state index in [0.717, 1.165) is 5.39 Å². The van der Waals surface area contributed by atoms with Gasteiger partial charge in [0.1, 0.15) is 16.8 Å². The molecule has 0 aliphatic carbocycles. The third-order valence-corrected chi connectivity index (χ3v) is 3.95. The molecule has 0 aliphatic heterocycles. The summed E-state index contributed by atoms with van der Waals surface area (Å²) in [6, 6.07) is 14.1.